The summed E-state index contributed by atoms with van der Waals surface area (Å²) in [6, 6.07) is 2.84. The summed E-state index contributed by atoms with van der Waals surface area (Å²) in [6.07, 6.45) is 3.30. The van der Waals surface area contributed by atoms with Crippen LogP contribution < -0.4 is 0 Å². The maximum atomic E-state index is 13.9. The second-order valence-corrected chi connectivity index (χ2v) is 8.04. The summed E-state index contributed by atoms with van der Waals surface area (Å²) in [5.74, 6) is -2.62. The van der Waals surface area contributed by atoms with E-state index in [1.54, 1.807) is 25.3 Å². The van der Waals surface area contributed by atoms with Gasteiger partial charge in [0.25, 0.3) is 0 Å². The van der Waals surface area contributed by atoms with Gasteiger partial charge in [-0.15, -0.1) is 0 Å². The molecule has 3 atom stereocenters. The van der Waals surface area contributed by atoms with E-state index in [2.05, 4.69) is 9.98 Å². The van der Waals surface area contributed by atoms with Gasteiger partial charge in [0.05, 0.1) is 13.7 Å². The van der Waals surface area contributed by atoms with Crippen LogP contribution in [0.5, 0.6) is 0 Å². The van der Waals surface area contributed by atoms with Gasteiger partial charge in [-0.25, -0.2) is 8.78 Å². The molecule has 0 amide bonds. The van der Waals surface area contributed by atoms with Crippen LogP contribution in [0.25, 0.3) is 0 Å². The summed E-state index contributed by atoms with van der Waals surface area (Å²) in [6.45, 7) is 0.829. The van der Waals surface area contributed by atoms with Gasteiger partial charge < -0.3 is 4.74 Å². The summed E-state index contributed by atoms with van der Waals surface area (Å²) in [5.41, 5.74) is 2.65. The summed E-state index contributed by atoms with van der Waals surface area (Å²) < 4.78 is 72.1. The molecule has 0 radical (unpaired) electrons. The Morgan fingerprint density at radius 2 is 1.94 bits per heavy atom. The van der Waals surface area contributed by atoms with E-state index < -0.39 is 42.2 Å². The molecule has 0 fully saturated rings. The van der Waals surface area contributed by atoms with Gasteiger partial charge in [-0.05, 0) is 29.3 Å². The molecule has 2 heterocycles. The zero-order valence-electron chi connectivity index (χ0n) is 18.0. The van der Waals surface area contributed by atoms with Crippen molar-refractivity contribution in [1.82, 2.24) is 0 Å². The molecule has 0 bridgehead atoms. The molecule has 3 unspecified atom stereocenters. The SMILES string of the molecule is COC1=CC(c2ccc(F)c(F)c2)C=C2C(=NCC(F)(F)F)C(C)C(C3=CCC=NC3)=NC12. The van der Waals surface area contributed by atoms with Crippen LogP contribution in [-0.4, -0.2) is 50.1 Å². The van der Waals surface area contributed by atoms with Gasteiger partial charge >= 0.3 is 6.18 Å². The predicted octanol–water partition coefficient (Wildman–Crippen LogP) is 5.38. The van der Waals surface area contributed by atoms with Gasteiger partial charge in [-0.1, -0.05) is 25.1 Å². The smallest absolute Gasteiger partial charge is 0.407 e. The lowest BCUT2D eigenvalue weighted by molar-refractivity contribution is -0.118. The maximum Gasteiger partial charge on any atom is 0.407 e. The minimum atomic E-state index is -4.47. The lowest BCUT2D eigenvalue weighted by Gasteiger charge is -2.35. The second-order valence-electron chi connectivity index (χ2n) is 8.04. The first kappa shape index (κ1) is 23.1. The average Bonchev–Trinajstić information content (AvgIpc) is 2.79. The first-order valence-electron chi connectivity index (χ1n) is 10.5. The highest BCUT2D eigenvalue weighted by Gasteiger charge is 2.39. The predicted molar refractivity (Wildman–Crippen MR) is 117 cm³/mol. The highest BCUT2D eigenvalue weighted by Crippen LogP contribution is 2.38. The van der Waals surface area contributed by atoms with Crippen molar-refractivity contribution in [2.75, 3.05) is 20.2 Å². The van der Waals surface area contributed by atoms with Gasteiger partial charge in [0.15, 0.2) is 11.6 Å². The van der Waals surface area contributed by atoms with Crippen LogP contribution in [0.3, 0.4) is 0 Å². The summed E-state index contributed by atoms with van der Waals surface area (Å²) in [5, 5.41) is 0. The van der Waals surface area contributed by atoms with Gasteiger partial charge in [-0.2, -0.15) is 13.2 Å². The van der Waals surface area contributed by atoms with E-state index in [1.165, 1.54) is 13.2 Å². The molecule has 2 aliphatic heterocycles. The molecule has 0 saturated carbocycles. The molecule has 174 valence electrons. The summed E-state index contributed by atoms with van der Waals surface area (Å²) >= 11 is 0. The summed E-state index contributed by atoms with van der Waals surface area (Å²) in [4.78, 5) is 13.1. The lowest BCUT2D eigenvalue weighted by Crippen LogP contribution is -2.39. The molecule has 0 spiro atoms. The fraction of sp³-hybridized carbons (Fsp3) is 0.375. The summed E-state index contributed by atoms with van der Waals surface area (Å²) in [7, 11) is 1.45. The Kier molecular flexibility index (Phi) is 6.32. The first-order valence-corrected chi connectivity index (χ1v) is 10.5. The van der Waals surface area contributed by atoms with Crippen molar-refractivity contribution in [2.45, 2.75) is 31.5 Å². The number of halogens is 5. The van der Waals surface area contributed by atoms with Crippen LogP contribution in [0, 0.1) is 17.6 Å². The number of fused-ring (bicyclic) bond motifs is 1. The van der Waals surface area contributed by atoms with Crippen molar-refractivity contribution >= 4 is 17.6 Å². The molecule has 3 aliphatic rings. The zero-order chi connectivity index (χ0) is 23.8. The number of hydrogen-bond donors (Lipinski definition) is 0. The second kappa shape index (κ2) is 9.03. The van der Waals surface area contributed by atoms with Gasteiger partial charge in [0, 0.05) is 41.5 Å². The largest absolute Gasteiger partial charge is 0.499 e. The third-order valence-corrected chi connectivity index (χ3v) is 5.83. The molecule has 4 nitrogen and oxygen atoms in total. The molecular formula is C24H22F5N3O. The van der Waals surface area contributed by atoms with Crippen molar-refractivity contribution in [1.29, 1.82) is 0 Å². The molecule has 1 aliphatic carbocycles. The Bertz CT molecular complexity index is 1130. The molecule has 4 rings (SSSR count). The lowest BCUT2D eigenvalue weighted by atomic mass is 9.77. The Labute approximate surface area is 188 Å². The zero-order valence-corrected chi connectivity index (χ0v) is 18.0. The number of benzene rings is 1. The molecule has 0 aromatic heterocycles. The van der Waals surface area contributed by atoms with E-state index >= 15 is 0 Å². The molecule has 0 saturated heterocycles. The molecule has 9 heteroatoms. The van der Waals surface area contributed by atoms with E-state index in [9.17, 15) is 22.0 Å². The molecule has 1 aromatic carbocycles. The van der Waals surface area contributed by atoms with Crippen LogP contribution in [0.4, 0.5) is 22.0 Å². The first-order chi connectivity index (χ1) is 15.7. The molecule has 1 aromatic rings. The van der Waals surface area contributed by atoms with Crippen LogP contribution in [0.15, 0.2) is 68.3 Å². The Morgan fingerprint density at radius 1 is 1.15 bits per heavy atom. The number of alkyl halides is 3. The van der Waals surface area contributed by atoms with Gasteiger partial charge in [0.2, 0.25) is 0 Å². The van der Waals surface area contributed by atoms with Gasteiger partial charge in [0.1, 0.15) is 18.3 Å². The van der Waals surface area contributed by atoms with E-state index in [0.29, 0.717) is 35.6 Å². The van der Waals surface area contributed by atoms with Crippen molar-refractivity contribution < 1.29 is 26.7 Å². The van der Waals surface area contributed by atoms with Crippen LogP contribution in [0.2, 0.25) is 0 Å². The van der Waals surface area contributed by atoms with E-state index in [1.807, 2.05) is 6.08 Å². The van der Waals surface area contributed by atoms with Crippen LogP contribution in [0.1, 0.15) is 24.8 Å². The molecular weight excluding hydrogens is 441 g/mol. The van der Waals surface area contributed by atoms with Crippen LogP contribution >= 0.6 is 0 Å². The number of aliphatic imine (C=N–C) groups is 3. The Morgan fingerprint density at radius 3 is 2.58 bits per heavy atom. The number of allylic oxidation sites excluding steroid dienone is 3. The van der Waals surface area contributed by atoms with Crippen molar-refractivity contribution in [3.8, 4) is 0 Å². The highest BCUT2D eigenvalue weighted by molar-refractivity contribution is 6.23. The highest BCUT2D eigenvalue weighted by atomic mass is 19.4. The Hall–Kier alpha value is -3.10. The number of nitrogens with zero attached hydrogens (tertiary/aromatic N) is 3. The third kappa shape index (κ3) is 4.82. The van der Waals surface area contributed by atoms with E-state index in [4.69, 9.17) is 9.73 Å². The minimum Gasteiger partial charge on any atom is -0.499 e. The van der Waals surface area contributed by atoms with Crippen molar-refractivity contribution in [3.05, 3.63) is 70.5 Å². The standard InChI is InChI=1S/C24H22F5N3O/c1-13-21(15-4-3-7-30-11-15)32-23-17(22(13)31-12-24(27,28)29)8-16(10-20(23)33-2)14-5-6-18(25)19(26)9-14/h4-10,13,16,23H,3,11-12H2,1-2H3. The van der Waals surface area contributed by atoms with E-state index in [-0.39, 0.29) is 5.71 Å². The fourth-order valence-corrected chi connectivity index (χ4v) is 4.28. The van der Waals surface area contributed by atoms with Crippen molar-refractivity contribution in [3.63, 3.8) is 0 Å². The number of methoxy groups -OCH3 is 1. The Balaban J connectivity index is 1.83. The quantitative estimate of drug-likeness (QED) is 0.553. The minimum absolute atomic E-state index is 0.257. The molecule has 33 heavy (non-hydrogen) atoms. The fourth-order valence-electron chi connectivity index (χ4n) is 4.28. The molecule has 0 N–H and O–H groups in total. The average molecular weight is 463 g/mol. The van der Waals surface area contributed by atoms with Crippen molar-refractivity contribution in [2.24, 2.45) is 20.9 Å². The number of hydrogen-bond acceptors (Lipinski definition) is 4. The van der Waals surface area contributed by atoms with E-state index in [0.717, 1.165) is 17.7 Å². The number of ether oxygens (including phenoxy) is 1. The monoisotopic (exact) mass is 463 g/mol. The topological polar surface area (TPSA) is 46.3 Å². The normalized spacial score (nSPS) is 26.3. The number of dihydropyridines is 1. The van der Waals surface area contributed by atoms with Gasteiger partial charge in [-0.3, -0.25) is 15.0 Å². The number of rotatable bonds is 4. The maximum absolute atomic E-state index is 13.9. The van der Waals surface area contributed by atoms with Crippen LogP contribution in [-0.2, 0) is 4.74 Å². The third-order valence-electron chi connectivity index (χ3n) is 5.83.